The highest BCUT2D eigenvalue weighted by Crippen LogP contribution is 2.30. The number of carbonyl (C=O) groups is 1. The van der Waals surface area contributed by atoms with Crippen LogP contribution in [-0.2, 0) is 0 Å². The topological polar surface area (TPSA) is 80.0 Å². The highest BCUT2D eigenvalue weighted by Gasteiger charge is 2.21. The van der Waals surface area contributed by atoms with Gasteiger partial charge in [-0.05, 0) is 30.7 Å². The zero-order valence-corrected chi connectivity index (χ0v) is 12.1. The van der Waals surface area contributed by atoms with Gasteiger partial charge >= 0.3 is 0 Å². The third-order valence-electron chi connectivity index (χ3n) is 4.32. The summed E-state index contributed by atoms with van der Waals surface area (Å²) in [6, 6.07) is 1.70. The molecule has 20 heavy (non-hydrogen) atoms. The highest BCUT2D eigenvalue weighted by atomic mass is 16.1. The molecule has 0 spiro atoms. The fraction of sp³-hybridized carbons (Fsp3) is 0.600. The Labute approximate surface area is 120 Å². The van der Waals surface area contributed by atoms with Gasteiger partial charge in [-0.15, -0.1) is 0 Å². The van der Waals surface area contributed by atoms with Crippen LogP contribution in [0.15, 0.2) is 18.5 Å². The van der Waals surface area contributed by atoms with E-state index in [4.69, 9.17) is 5.84 Å². The summed E-state index contributed by atoms with van der Waals surface area (Å²) in [5.74, 6) is 6.78. The number of anilines is 1. The smallest absolute Gasteiger partial charge is 0.255 e. The molecule has 0 aliphatic heterocycles. The lowest BCUT2D eigenvalue weighted by Crippen LogP contribution is -2.32. The number of nitrogen functional groups attached to an aromatic ring is 1. The third-order valence-corrected chi connectivity index (χ3v) is 4.32. The zero-order chi connectivity index (χ0) is 14.4. The predicted octanol–water partition coefficient (Wildman–Crippen LogP) is 2.31. The number of hydrogen-bond donors (Lipinski definition) is 3. The van der Waals surface area contributed by atoms with E-state index in [-0.39, 0.29) is 5.91 Å². The summed E-state index contributed by atoms with van der Waals surface area (Å²) in [6.45, 7) is 3.00. The SMILES string of the molecule is CCC1CCC(CNC(=O)c2cnccc2NN)CC1. The van der Waals surface area contributed by atoms with Crippen LogP contribution in [-0.4, -0.2) is 17.4 Å². The number of nitrogens with zero attached hydrogens (tertiary/aromatic N) is 1. The van der Waals surface area contributed by atoms with Gasteiger partial charge in [-0.25, -0.2) is 0 Å². The standard InChI is InChI=1S/C15H24N4O/c1-2-11-3-5-12(6-4-11)9-18-15(20)13-10-17-8-7-14(13)19-16/h7-8,10-12H,2-6,9,16H2,1H3,(H,17,19)(H,18,20). The maximum atomic E-state index is 12.1. The second-order valence-corrected chi connectivity index (χ2v) is 5.57. The fourth-order valence-electron chi connectivity index (χ4n) is 2.88. The lowest BCUT2D eigenvalue weighted by Gasteiger charge is -2.27. The number of nitrogens with two attached hydrogens (primary N) is 1. The van der Waals surface area contributed by atoms with E-state index in [0.29, 0.717) is 17.2 Å². The number of amides is 1. The Hall–Kier alpha value is -1.62. The summed E-state index contributed by atoms with van der Waals surface area (Å²) in [7, 11) is 0. The minimum Gasteiger partial charge on any atom is -0.352 e. The van der Waals surface area contributed by atoms with E-state index in [1.165, 1.54) is 32.1 Å². The van der Waals surface area contributed by atoms with E-state index >= 15 is 0 Å². The number of nitrogens with one attached hydrogen (secondary N) is 2. The summed E-state index contributed by atoms with van der Waals surface area (Å²) in [4.78, 5) is 16.1. The monoisotopic (exact) mass is 276 g/mol. The molecule has 1 aromatic rings. The predicted molar refractivity (Wildman–Crippen MR) is 80.1 cm³/mol. The summed E-state index contributed by atoms with van der Waals surface area (Å²) in [6.07, 6.45) is 9.44. The molecule has 1 aliphatic rings. The van der Waals surface area contributed by atoms with Crippen molar-refractivity contribution in [3.05, 3.63) is 24.0 Å². The number of carbonyl (C=O) groups excluding carboxylic acids is 1. The molecular formula is C15H24N4O. The summed E-state index contributed by atoms with van der Waals surface area (Å²) in [5.41, 5.74) is 3.63. The third kappa shape index (κ3) is 3.70. The van der Waals surface area contributed by atoms with E-state index < -0.39 is 0 Å². The number of hydrazine groups is 1. The van der Waals surface area contributed by atoms with Crippen LogP contribution in [0.3, 0.4) is 0 Å². The van der Waals surface area contributed by atoms with E-state index in [2.05, 4.69) is 22.7 Å². The van der Waals surface area contributed by atoms with Crippen LogP contribution in [0.5, 0.6) is 0 Å². The summed E-state index contributed by atoms with van der Waals surface area (Å²) in [5, 5.41) is 3.00. The largest absolute Gasteiger partial charge is 0.352 e. The number of rotatable bonds is 5. The van der Waals surface area contributed by atoms with Crippen molar-refractivity contribution in [1.82, 2.24) is 10.3 Å². The number of hydrogen-bond acceptors (Lipinski definition) is 4. The van der Waals surface area contributed by atoms with Crippen LogP contribution in [0.1, 0.15) is 49.4 Å². The van der Waals surface area contributed by atoms with E-state index in [0.717, 1.165) is 12.5 Å². The molecule has 0 atom stereocenters. The lowest BCUT2D eigenvalue weighted by atomic mass is 9.81. The summed E-state index contributed by atoms with van der Waals surface area (Å²) < 4.78 is 0. The van der Waals surface area contributed by atoms with Gasteiger partial charge in [0.05, 0.1) is 11.3 Å². The van der Waals surface area contributed by atoms with Crippen molar-refractivity contribution in [3.8, 4) is 0 Å². The molecule has 0 aromatic carbocycles. The van der Waals surface area contributed by atoms with Crippen LogP contribution in [0.4, 0.5) is 5.69 Å². The molecule has 5 nitrogen and oxygen atoms in total. The molecule has 5 heteroatoms. The first kappa shape index (κ1) is 14.8. The van der Waals surface area contributed by atoms with Crippen molar-refractivity contribution < 1.29 is 4.79 Å². The molecule has 1 fully saturated rings. The Bertz CT molecular complexity index is 441. The normalized spacial score (nSPS) is 22.3. The quantitative estimate of drug-likeness (QED) is 0.569. The van der Waals surface area contributed by atoms with E-state index in [1.54, 1.807) is 18.5 Å². The highest BCUT2D eigenvalue weighted by molar-refractivity contribution is 5.99. The van der Waals surface area contributed by atoms with Gasteiger partial charge < -0.3 is 10.7 Å². The van der Waals surface area contributed by atoms with Crippen molar-refractivity contribution in [2.24, 2.45) is 17.7 Å². The van der Waals surface area contributed by atoms with Gasteiger partial charge in [0.25, 0.3) is 5.91 Å². The van der Waals surface area contributed by atoms with Gasteiger partial charge in [0.15, 0.2) is 0 Å². The first-order valence-electron chi connectivity index (χ1n) is 7.43. The zero-order valence-electron chi connectivity index (χ0n) is 12.1. The molecule has 1 aliphatic carbocycles. The molecule has 1 aromatic heterocycles. The molecule has 2 rings (SSSR count). The van der Waals surface area contributed by atoms with Gasteiger partial charge in [0.2, 0.25) is 0 Å². The van der Waals surface area contributed by atoms with Crippen molar-refractivity contribution >= 4 is 11.6 Å². The van der Waals surface area contributed by atoms with Crippen molar-refractivity contribution in [1.29, 1.82) is 0 Å². The minimum atomic E-state index is -0.108. The second-order valence-electron chi connectivity index (χ2n) is 5.57. The average Bonchev–Trinajstić information content (AvgIpc) is 2.53. The molecular weight excluding hydrogens is 252 g/mol. The molecule has 0 unspecified atom stereocenters. The van der Waals surface area contributed by atoms with Gasteiger partial charge in [0, 0.05) is 18.9 Å². The Kier molecular flexibility index (Phi) is 5.35. The minimum absolute atomic E-state index is 0.108. The van der Waals surface area contributed by atoms with Gasteiger partial charge in [0.1, 0.15) is 0 Å². The van der Waals surface area contributed by atoms with Gasteiger partial charge in [-0.1, -0.05) is 26.2 Å². The average molecular weight is 276 g/mol. The number of pyridine rings is 1. The molecule has 0 radical (unpaired) electrons. The van der Waals surface area contributed by atoms with Crippen LogP contribution in [0.2, 0.25) is 0 Å². The van der Waals surface area contributed by atoms with Crippen molar-refractivity contribution in [3.63, 3.8) is 0 Å². The first-order valence-corrected chi connectivity index (χ1v) is 7.43. The molecule has 0 saturated heterocycles. The van der Waals surface area contributed by atoms with E-state index in [1.807, 2.05) is 0 Å². The van der Waals surface area contributed by atoms with Crippen LogP contribution in [0.25, 0.3) is 0 Å². The summed E-state index contributed by atoms with van der Waals surface area (Å²) >= 11 is 0. The van der Waals surface area contributed by atoms with E-state index in [9.17, 15) is 4.79 Å². The Balaban J connectivity index is 1.83. The molecule has 110 valence electrons. The Morgan fingerprint density at radius 3 is 2.70 bits per heavy atom. The fourth-order valence-corrected chi connectivity index (χ4v) is 2.88. The first-order chi connectivity index (χ1) is 9.74. The Morgan fingerprint density at radius 1 is 1.35 bits per heavy atom. The van der Waals surface area contributed by atoms with Crippen molar-refractivity contribution in [2.45, 2.75) is 39.0 Å². The molecule has 1 heterocycles. The molecule has 1 amide bonds. The lowest BCUT2D eigenvalue weighted by molar-refractivity contribution is 0.0941. The number of aromatic nitrogens is 1. The van der Waals surface area contributed by atoms with Crippen LogP contribution in [0, 0.1) is 11.8 Å². The van der Waals surface area contributed by atoms with Crippen LogP contribution < -0.4 is 16.6 Å². The van der Waals surface area contributed by atoms with Crippen LogP contribution >= 0.6 is 0 Å². The Morgan fingerprint density at radius 2 is 2.05 bits per heavy atom. The molecule has 0 bridgehead atoms. The van der Waals surface area contributed by atoms with Gasteiger partial charge in [-0.2, -0.15) is 0 Å². The van der Waals surface area contributed by atoms with Crippen molar-refractivity contribution in [2.75, 3.05) is 12.0 Å². The second kappa shape index (κ2) is 7.24. The molecule has 4 N–H and O–H groups in total. The van der Waals surface area contributed by atoms with Gasteiger partial charge in [-0.3, -0.25) is 15.6 Å². The maximum Gasteiger partial charge on any atom is 0.255 e. The molecule has 1 saturated carbocycles. The maximum absolute atomic E-state index is 12.1.